The molecular formula is C17H22N4O2. The van der Waals surface area contributed by atoms with E-state index in [9.17, 15) is 9.59 Å². The molecule has 1 saturated heterocycles. The molecule has 2 heterocycles. The molecule has 0 spiro atoms. The summed E-state index contributed by atoms with van der Waals surface area (Å²) in [6.07, 6.45) is 4.85. The fourth-order valence-corrected chi connectivity index (χ4v) is 2.99. The van der Waals surface area contributed by atoms with Gasteiger partial charge >= 0.3 is 0 Å². The first-order valence-electron chi connectivity index (χ1n) is 8.04. The summed E-state index contributed by atoms with van der Waals surface area (Å²) in [5.74, 6) is -0.396. The van der Waals surface area contributed by atoms with Crippen molar-refractivity contribution in [1.29, 1.82) is 0 Å². The predicted molar refractivity (Wildman–Crippen MR) is 88.8 cm³/mol. The summed E-state index contributed by atoms with van der Waals surface area (Å²) in [4.78, 5) is 27.4. The minimum Gasteiger partial charge on any atom is -0.361 e. The molecule has 1 unspecified atom stereocenters. The first-order chi connectivity index (χ1) is 11.1. The Morgan fingerprint density at radius 3 is 3.04 bits per heavy atom. The van der Waals surface area contributed by atoms with Gasteiger partial charge in [0.05, 0.1) is 6.04 Å². The number of carbonyl (C=O) groups excluding carboxylic acids is 2. The SMILES string of the molecule is N[C@@H](Cc1c[nH]c2ccccc12)C(=O)NC1CCCCNC1=O. The van der Waals surface area contributed by atoms with Gasteiger partial charge in [0.25, 0.3) is 0 Å². The Balaban J connectivity index is 1.64. The standard InChI is InChI=1S/C17H22N4O2/c18-13(9-11-10-20-14-6-2-1-5-12(11)14)16(22)21-15-7-3-4-8-19-17(15)23/h1-2,5-6,10,13,15,20H,3-4,7-9,18H2,(H,19,23)(H,21,22)/t13-,15?/m0/s1. The number of fused-ring (bicyclic) bond motifs is 1. The lowest BCUT2D eigenvalue weighted by atomic mass is 10.0. The zero-order valence-electron chi connectivity index (χ0n) is 13.0. The number of hydrogen-bond donors (Lipinski definition) is 4. The fraction of sp³-hybridized carbons (Fsp3) is 0.412. The van der Waals surface area contributed by atoms with E-state index in [1.54, 1.807) is 0 Å². The van der Waals surface area contributed by atoms with Crippen LogP contribution in [-0.4, -0.2) is 35.4 Å². The number of aromatic nitrogens is 1. The molecule has 1 aliphatic rings. The molecule has 1 aliphatic heterocycles. The lowest BCUT2D eigenvalue weighted by molar-refractivity contribution is -0.129. The van der Waals surface area contributed by atoms with Gasteiger partial charge in [-0.2, -0.15) is 0 Å². The maximum Gasteiger partial charge on any atom is 0.242 e. The van der Waals surface area contributed by atoms with Crippen LogP contribution in [0.1, 0.15) is 24.8 Å². The molecule has 1 aromatic carbocycles. The van der Waals surface area contributed by atoms with Gasteiger partial charge in [-0.15, -0.1) is 0 Å². The zero-order chi connectivity index (χ0) is 16.2. The summed E-state index contributed by atoms with van der Waals surface area (Å²) in [6, 6.07) is 6.76. The molecule has 0 bridgehead atoms. The minimum absolute atomic E-state index is 0.116. The largest absolute Gasteiger partial charge is 0.361 e. The number of carbonyl (C=O) groups is 2. The molecule has 23 heavy (non-hydrogen) atoms. The van der Waals surface area contributed by atoms with E-state index in [1.807, 2.05) is 30.5 Å². The Labute approximate surface area is 134 Å². The van der Waals surface area contributed by atoms with Gasteiger partial charge in [-0.05, 0) is 37.3 Å². The lowest BCUT2D eigenvalue weighted by Crippen LogP contribution is -2.51. The second-order valence-electron chi connectivity index (χ2n) is 6.02. The summed E-state index contributed by atoms with van der Waals surface area (Å²) in [6.45, 7) is 0.673. The van der Waals surface area contributed by atoms with Crippen LogP contribution in [0, 0.1) is 0 Å². The van der Waals surface area contributed by atoms with E-state index in [4.69, 9.17) is 5.73 Å². The third kappa shape index (κ3) is 3.53. The summed E-state index contributed by atoms with van der Waals surface area (Å²) in [5.41, 5.74) is 8.08. The first-order valence-corrected chi connectivity index (χ1v) is 8.04. The summed E-state index contributed by atoms with van der Waals surface area (Å²) >= 11 is 0. The van der Waals surface area contributed by atoms with Crippen molar-refractivity contribution in [3.8, 4) is 0 Å². The van der Waals surface area contributed by atoms with Gasteiger partial charge < -0.3 is 21.4 Å². The van der Waals surface area contributed by atoms with E-state index >= 15 is 0 Å². The highest BCUT2D eigenvalue weighted by atomic mass is 16.2. The van der Waals surface area contributed by atoms with E-state index in [0.29, 0.717) is 19.4 Å². The molecule has 3 rings (SSSR count). The molecule has 0 saturated carbocycles. The van der Waals surface area contributed by atoms with E-state index in [0.717, 1.165) is 29.3 Å². The predicted octanol–water partition coefficient (Wildman–Crippen LogP) is 0.823. The van der Waals surface area contributed by atoms with Crippen molar-refractivity contribution >= 4 is 22.7 Å². The van der Waals surface area contributed by atoms with E-state index in [2.05, 4.69) is 15.6 Å². The third-order valence-corrected chi connectivity index (χ3v) is 4.30. The number of nitrogens with one attached hydrogen (secondary N) is 3. The molecule has 122 valence electrons. The second kappa shape index (κ2) is 6.83. The number of nitrogens with two attached hydrogens (primary N) is 1. The van der Waals surface area contributed by atoms with Crippen molar-refractivity contribution in [3.63, 3.8) is 0 Å². The van der Waals surface area contributed by atoms with Gasteiger partial charge in [-0.25, -0.2) is 0 Å². The number of aromatic amines is 1. The van der Waals surface area contributed by atoms with Crippen molar-refractivity contribution in [2.24, 2.45) is 5.73 Å². The average Bonchev–Trinajstić information content (AvgIpc) is 2.85. The summed E-state index contributed by atoms with van der Waals surface area (Å²) in [7, 11) is 0. The van der Waals surface area contributed by atoms with Crippen molar-refractivity contribution in [2.75, 3.05) is 6.54 Å². The van der Waals surface area contributed by atoms with E-state index < -0.39 is 12.1 Å². The van der Waals surface area contributed by atoms with Crippen LogP contribution in [0.25, 0.3) is 10.9 Å². The molecule has 6 nitrogen and oxygen atoms in total. The Bertz CT molecular complexity index is 709. The third-order valence-electron chi connectivity index (χ3n) is 4.30. The number of amides is 2. The van der Waals surface area contributed by atoms with Crippen LogP contribution < -0.4 is 16.4 Å². The Morgan fingerprint density at radius 2 is 2.17 bits per heavy atom. The minimum atomic E-state index is -0.676. The molecule has 0 aliphatic carbocycles. The normalized spacial score (nSPS) is 19.9. The molecule has 2 aromatic rings. The second-order valence-corrected chi connectivity index (χ2v) is 6.02. The van der Waals surface area contributed by atoms with Crippen molar-refractivity contribution < 1.29 is 9.59 Å². The van der Waals surface area contributed by atoms with Crippen molar-refractivity contribution in [1.82, 2.24) is 15.6 Å². The lowest BCUT2D eigenvalue weighted by Gasteiger charge is -2.18. The van der Waals surface area contributed by atoms with Gasteiger partial charge in [0.2, 0.25) is 11.8 Å². The molecule has 5 N–H and O–H groups in total. The van der Waals surface area contributed by atoms with Crippen molar-refractivity contribution in [2.45, 2.75) is 37.8 Å². The monoisotopic (exact) mass is 314 g/mol. The summed E-state index contributed by atoms with van der Waals surface area (Å²) in [5, 5.41) is 6.66. The van der Waals surface area contributed by atoms with Gasteiger partial charge in [0.1, 0.15) is 6.04 Å². The number of rotatable bonds is 4. The quantitative estimate of drug-likeness (QED) is 0.672. The number of hydrogen-bond acceptors (Lipinski definition) is 3. The number of H-pyrrole nitrogens is 1. The van der Waals surface area contributed by atoms with Crippen LogP contribution in [0.3, 0.4) is 0 Å². The average molecular weight is 314 g/mol. The Kier molecular flexibility index (Phi) is 4.62. The smallest absolute Gasteiger partial charge is 0.242 e. The molecule has 0 radical (unpaired) electrons. The highest BCUT2D eigenvalue weighted by Gasteiger charge is 2.25. The van der Waals surface area contributed by atoms with Crippen LogP contribution in [-0.2, 0) is 16.0 Å². The molecule has 1 fully saturated rings. The Hall–Kier alpha value is -2.34. The molecule has 1 aromatic heterocycles. The number of benzene rings is 1. The van der Waals surface area contributed by atoms with Gasteiger partial charge in [0, 0.05) is 23.6 Å². The van der Waals surface area contributed by atoms with E-state index in [1.165, 1.54) is 0 Å². The van der Waals surface area contributed by atoms with Gasteiger partial charge in [-0.3, -0.25) is 9.59 Å². The molecule has 2 atom stereocenters. The van der Waals surface area contributed by atoms with Crippen LogP contribution in [0.2, 0.25) is 0 Å². The summed E-state index contributed by atoms with van der Waals surface area (Å²) < 4.78 is 0. The molecule has 6 heteroatoms. The zero-order valence-corrected chi connectivity index (χ0v) is 13.0. The maximum absolute atomic E-state index is 12.3. The highest BCUT2D eigenvalue weighted by Crippen LogP contribution is 2.18. The van der Waals surface area contributed by atoms with Crippen LogP contribution >= 0.6 is 0 Å². The first kappa shape index (κ1) is 15.6. The maximum atomic E-state index is 12.3. The van der Waals surface area contributed by atoms with E-state index in [-0.39, 0.29) is 11.8 Å². The van der Waals surface area contributed by atoms with Gasteiger partial charge in [0.15, 0.2) is 0 Å². The van der Waals surface area contributed by atoms with Crippen LogP contribution in [0.4, 0.5) is 0 Å². The van der Waals surface area contributed by atoms with Crippen LogP contribution in [0.5, 0.6) is 0 Å². The topological polar surface area (TPSA) is 100 Å². The fourth-order valence-electron chi connectivity index (χ4n) is 2.99. The Morgan fingerprint density at radius 1 is 1.35 bits per heavy atom. The van der Waals surface area contributed by atoms with Gasteiger partial charge in [-0.1, -0.05) is 18.2 Å². The van der Waals surface area contributed by atoms with Crippen LogP contribution in [0.15, 0.2) is 30.5 Å². The molecule has 2 amide bonds. The molecular weight excluding hydrogens is 292 g/mol. The van der Waals surface area contributed by atoms with Crippen molar-refractivity contribution in [3.05, 3.63) is 36.0 Å². The highest BCUT2D eigenvalue weighted by molar-refractivity contribution is 5.90. The number of para-hydroxylation sites is 1.